The molecule has 0 aliphatic rings. The second-order valence-corrected chi connectivity index (χ2v) is 5.34. The number of nitriles is 1. The first-order valence-corrected chi connectivity index (χ1v) is 6.90. The lowest BCUT2D eigenvalue weighted by molar-refractivity contribution is 0.530. The van der Waals surface area contributed by atoms with E-state index >= 15 is 0 Å². The average Bonchev–Trinajstić information content (AvgIpc) is 2.36. The summed E-state index contributed by atoms with van der Waals surface area (Å²) in [5.41, 5.74) is 0.200. The summed E-state index contributed by atoms with van der Waals surface area (Å²) in [6.07, 6.45) is 2.67. The summed E-state index contributed by atoms with van der Waals surface area (Å²) in [5.74, 6) is 0. The van der Waals surface area contributed by atoms with Crippen LogP contribution in [0.1, 0.15) is 32.4 Å². The fourth-order valence-corrected chi connectivity index (χ4v) is 2.70. The molecule has 0 unspecified atom stereocenters. The Labute approximate surface area is 102 Å². The van der Waals surface area contributed by atoms with Crippen LogP contribution < -0.4 is 4.72 Å². The van der Waals surface area contributed by atoms with Crippen LogP contribution in [0.25, 0.3) is 0 Å². The number of hydrogen-bond acceptors (Lipinski definition) is 4. The van der Waals surface area contributed by atoms with Gasteiger partial charge in [0, 0.05) is 12.2 Å². The van der Waals surface area contributed by atoms with Crippen molar-refractivity contribution in [2.75, 3.05) is 0 Å². The van der Waals surface area contributed by atoms with E-state index in [0.29, 0.717) is 0 Å². The highest BCUT2D eigenvalue weighted by Crippen LogP contribution is 2.10. The largest absolute Gasteiger partial charge is 0.244 e. The van der Waals surface area contributed by atoms with Gasteiger partial charge >= 0.3 is 0 Å². The first kappa shape index (κ1) is 13.6. The van der Waals surface area contributed by atoms with Gasteiger partial charge in [-0.25, -0.2) is 18.1 Å². The molecule has 0 aliphatic heterocycles. The molecule has 1 heterocycles. The molecule has 0 radical (unpaired) electrons. The lowest BCUT2D eigenvalue weighted by Crippen LogP contribution is -2.33. The van der Waals surface area contributed by atoms with Crippen LogP contribution in [-0.2, 0) is 10.0 Å². The Balaban J connectivity index is 2.93. The zero-order valence-corrected chi connectivity index (χ0v) is 10.7. The molecule has 0 aliphatic carbocycles. The normalized spacial score (nSPS) is 11.4. The number of nitrogens with zero attached hydrogens (tertiary/aromatic N) is 2. The van der Waals surface area contributed by atoms with Crippen molar-refractivity contribution in [3.05, 3.63) is 24.0 Å². The molecule has 6 heteroatoms. The minimum absolute atomic E-state index is 0.0735. The lowest BCUT2D eigenvalue weighted by atomic mass is 10.2. The van der Waals surface area contributed by atoms with Crippen LogP contribution >= 0.6 is 0 Å². The molecule has 0 aromatic carbocycles. The SMILES string of the molecule is CCC(CC)NS(=O)(=O)c1ccc(C#N)nc1. The van der Waals surface area contributed by atoms with Crippen LogP contribution in [0, 0.1) is 11.3 Å². The predicted octanol–water partition coefficient (Wildman–Crippen LogP) is 1.42. The molecule has 0 bridgehead atoms. The Morgan fingerprint density at radius 3 is 2.47 bits per heavy atom. The highest BCUT2D eigenvalue weighted by molar-refractivity contribution is 7.89. The van der Waals surface area contributed by atoms with E-state index in [1.807, 2.05) is 19.9 Å². The van der Waals surface area contributed by atoms with Crippen LogP contribution in [0.2, 0.25) is 0 Å². The standard InChI is InChI=1S/C11H15N3O2S/c1-3-9(4-2)14-17(15,16)11-6-5-10(7-12)13-8-11/h5-6,8-9,14H,3-4H2,1-2H3. The Kier molecular flexibility index (Phi) is 4.61. The minimum atomic E-state index is -3.53. The molecular formula is C11H15N3O2S. The number of sulfonamides is 1. The number of rotatable bonds is 5. The second-order valence-electron chi connectivity index (χ2n) is 3.63. The van der Waals surface area contributed by atoms with E-state index in [1.54, 1.807) is 0 Å². The summed E-state index contributed by atoms with van der Waals surface area (Å²) in [6, 6.07) is 4.54. The third kappa shape index (κ3) is 3.51. The maximum atomic E-state index is 11.9. The maximum absolute atomic E-state index is 11.9. The van der Waals surface area contributed by atoms with Gasteiger partial charge in [0.1, 0.15) is 16.7 Å². The molecule has 0 amide bonds. The van der Waals surface area contributed by atoms with E-state index in [-0.39, 0.29) is 16.6 Å². The molecule has 0 saturated heterocycles. The van der Waals surface area contributed by atoms with E-state index in [0.717, 1.165) is 12.8 Å². The van der Waals surface area contributed by atoms with E-state index in [2.05, 4.69) is 9.71 Å². The fourth-order valence-electron chi connectivity index (χ4n) is 1.35. The monoisotopic (exact) mass is 253 g/mol. The van der Waals surface area contributed by atoms with Crippen LogP contribution in [0.3, 0.4) is 0 Å². The van der Waals surface area contributed by atoms with Crippen molar-refractivity contribution in [3.63, 3.8) is 0 Å². The number of nitrogens with one attached hydrogen (secondary N) is 1. The molecule has 1 aromatic heterocycles. The van der Waals surface area contributed by atoms with Crippen molar-refractivity contribution in [1.29, 1.82) is 5.26 Å². The van der Waals surface area contributed by atoms with Crippen molar-refractivity contribution in [3.8, 4) is 6.07 Å². The number of pyridine rings is 1. The first-order chi connectivity index (χ1) is 8.03. The Bertz CT molecular complexity index is 499. The topological polar surface area (TPSA) is 82.9 Å². The highest BCUT2D eigenvalue weighted by atomic mass is 32.2. The Hall–Kier alpha value is -1.45. The first-order valence-electron chi connectivity index (χ1n) is 5.42. The summed E-state index contributed by atoms with van der Waals surface area (Å²) >= 11 is 0. The maximum Gasteiger partial charge on any atom is 0.242 e. The van der Waals surface area contributed by atoms with Gasteiger partial charge in [-0.05, 0) is 25.0 Å². The molecule has 0 spiro atoms. The van der Waals surface area contributed by atoms with E-state index in [4.69, 9.17) is 5.26 Å². The highest BCUT2D eigenvalue weighted by Gasteiger charge is 2.18. The molecule has 0 atom stereocenters. The number of hydrogen-bond donors (Lipinski definition) is 1. The average molecular weight is 253 g/mol. The third-order valence-corrected chi connectivity index (χ3v) is 3.97. The van der Waals surface area contributed by atoms with Gasteiger partial charge in [0.05, 0.1) is 0 Å². The van der Waals surface area contributed by atoms with Gasteiger partial charge < -0.3 is 0 Å². The van der Waals surface area contributed by atoms with E-state index in [9.17, 15) is 8.42 Å². The van der Waals surface area contributed by atoms with E-state index < -0.39 is 10.0 Å². The van der Waals surface area contributed by atoms with Crippen LogP contribution in [-0.4, -0.2) is 19.4 Å². The van der Waals surface area contributed by atoms with Gasteiger partial charge in [-0.2, -0.15) is 5.26 Å². The molecule has 5 nitrogen and oxygen atoms in total. The van der Waals surface area contributed by atoms with Crippen LogP contribution in [0.4, 0.5) is 0 Å². The van der Waals surface area contributed by atoms with Crippen molar-refractivity contribution in [2.45, 2.75) is 37.6 Å². The summed E-state index contributed by atoms with van der Waals surface area (Å²) in [4.78, 5) is 3.83. The smallest absolute Gasteiger partial charge is 0.242 e. The van der Waals surface area contributed by atoms with Gasteiger partial charge in [-0.1, -0.05) is 13.8 Å². The molecule has 1 aromatic rings. The van der Waals surface area contributed by atoms with Crippen molar-refractivity contribution >= 4 is 10.0 Å². The summed E-state index contributed by atoms with van der Waals surface area (Å²) in [7, 11) is -3.53. The summed E-state index contributed by atoms with van der Waals surface area (Å²) < 4.78 is 26.4. The van der Waals surface area contributed by atoms with Gasteiger partial charge in [0.2, 0.25) is 10.0 Å². The molecule has 92 valence electrons. The summed E-state index contributed by atoms with van der Waals surface area (Å²) in [6.45, 7) is 3.85. The molecule has 1 rings (SSSR count). The van der Waals surface area contributed by atoms with Crippen molar-refractivity contribution < 1.29 is 8.42 Å². The van der Waals surface area contributed by atoms with Crippen LogP contribution in [0.5, 0.6) is 0 Å². The van der Waals surface area contributed by atoms with Crippen molar-refractivity contribution in [2.24, 2.45) is 0 Å². The lowest BCUT2D eigenvalue weighted by Gasteiger charge is -2.14. The molecular weight excluding hydrogens is 238 g/mol. The Morgan fingerprint density at radius 2 is 2.06 bits per heavy atom. The minimum Gasteiger partial charge on any atom is -0.244 e. The predicted molar refractivity (Wildman–Crippen MR) is 63.6 cm³/mol. The van der Waals surface area contributed by atoms with Gasteiger partial charge in [-0.3, -0.25) is 0 Å². The fraction of sp³-hybridized carbons (Fsp3) is 0.455. The molecule has 17 heavy (non-hydrogen) atoms. The zero-order valence-electron chi connectivity index (χ0n) is 9.84. The van der Waals surface area contributed by atoms with Gasteiger partial charge in [-0.15, -0.1) is 0 Å². The quantitative estimate of drug-likeness (QED) is 0.860. The summed E-state index contributed by atoms with van der Waals surface area (Å²) in [5, 5.41) is 8.58. The molecule has 0 saturated carbocycles. The van der Waals surface area contributed by atoms with E-state index in [1.165, 1.54) is 18.3 Å². The third-order valence-electron chi connectivity index (χ3n) is 2.47. The second kappa shape index (κ2) is 5.75. The molecule has 0 fully saturated rings. The molecule has 1 N–H and O–H groups in total. The zero-order chi connectivity index (χ0) is 12.9. The van der Waals surface area contributed by atoms with Gasteiger partial charge in [0.25, 0.3) is 0 Å². The Morgan fingerprint density at radius 1 is 1.41 bits per heavy atom. The number of aromatic nitrogens is 1. The van der Waals surface area contributed by atoms with Crippen LogP contribution in [0.15, 0.2) is 23.2 Å². The van der Waals surface area contributed by atoms with Crippen molar-refractivity contribution in [1.82, 2.24) is 9.71 Å². The van der Waals surface area contributed by atoms with Gasteiger partial charge in [0.15, 0.2) is 0 Å².